The van der Waals surface area contributed by atoms with Crippen LogP contribution in [0.2, 0.25) is 0 Å². The lowest BCUT2D eigenvalue weighted by Crippen LogP contribution is -2.20. The third kappa shape index (κ3) is 8.60. The standard InChI is InChI=1S/C33H28N4O12S3/c1-18-5-3-7-22(13-18)34-33(40)35-23-8-4-6-20(14-23)31(38)37-27-15-21(10-9-19(27)2)32(39)36-26-11-12-28(51(44,45)46)25-16-24(50(41,42)43)17-29(30(25)26)52(47,48)49/h3-17H,1-2H3,(H,36,39)(H,37,38)(H2,34,35,40)(H,41,42,43)(H,44,45,46)(H,47,48,49). The van der Waals surface area contributed by atoms with Gasteiger partial charge in [-0.3, -0.25) is 23.2 Å². The van der Waals surface area contributed by atoms with E-state index < -0.39 is 79.3 Å². The minimum Gasteiger partial charge on any atom is -0.322 e. The van der Waals surface area contributed by atoms with Crippen LogP contribution in [-0.2, 0) is 30.4 Å². The van der Waals surface area contributed by atoms with Gasteiger partial charge < -0.3 is 21.3 Å². The molecule has 0 saturated carbocycles. The largest absolute Gasteiger partial charge is 0.323 e. The predicted octanol–water partition coefficient (Wildman–Crippen LogP) is 5.35. The summed E-state index contributed by atoms with van der Waals surface area (Å²) in [5, 5.41) is 8.91. The van der Waals surface area contributed by atoms with Crippen LogP contribution < -0.4 is 21.3 Å². The fourth-order valence-electron chi connectivity index (χ4n) is 5.12. The number of hydrogen-bond acceptors (Lipinski definition) is 9. The van der Waals surface area contributed by atoms with Crippen molar-refractivity contribution in [3.63, 3.8) is 0 Å². The number of urea groups is 1. The van der Waals surface area contributed by atoms with E-state index in [4.69, 9.17) is 0 Å². The van der Waals surface area contributed by atoms with E-state index in [0.29, 0.717) is 29.1 Å². The smallest absolute Gasteiger partial charge is 0.322 e. The van der Waals surface area contributed by atoms with Crippen molar-refractivity contribution in [3.05, 3.63) is 113 Å². The van der Waals surface area contributed by atoms with Crippen LogP contribution in [-0.4, -0.2) is 56.8 Å². The van der Waals surface area contributed by atoms with Gasteiger partial charge in [0.05, 0.1) is 10.6 Å². The van der Waals surface area contributed by atoms with Gasteiger partial charge in [-0.05, 0) is 91.7 Å². The molecule has 5 rings (SSSR count). The van der Waals surface area contributed by atoms with Crippen LogP contribution in [0.3, 0.4) is 0 Å². The molecule has 16 nitrogen and oxygen atoms in total. The summed E-state index contributed by atoms with van der Waals surface area (Å²) in [5.41, 5.74) is 2.13. The van der Waals surface area contributed by atoms with Crippen molar-refractivity contribution in [3.8, 4) is 0 Å². The van der Waals surface area contributed by atoms with Crippen molar-refractivity contribution in [1.29, 1.82) is 0 Å². The molecule has 0 atom stereocenters. The minimum atomic E-state index is -5.35. The number of aryl methyl sites for hydroxylation is 2. The van der Waals surface area contributed by atoms with Crippen LogP contribution in [0.5, 0.6) is 0 Å². The molecule has 0 heterocycles. The molecule has 0 fully saturated rings. The number of fused-ring (bicyclic) bond motifs is 1. The van der Waals surface area contributed by atoms with Gasteiger partial charge in [0.25, 0.3) is 42.2 Å². The van der Waals surface area contributed by atoms with Gasteiger partial charge in [-0.25, -0.2) is 4.79 Å². The van der Waals surface area contributed by atoms with E-state index in [2.05, 4.69) is 21.3 Å². The highest BCUT2D eigenvalue weighted by molar-refractivity contribution is 7.87. The molecule has 270 valence electrons. The van der Waals surface area contributed by atoms with Crippen LogP contribution in [0.4, 0.5) is 27.5 Å². The fraction of sp³-hybridized carbons (Fsp3) is 0.0606. The molecule has 7 N–H and O–H groups in total. The van der Waals surface area contributed by atoms with Gasteiger partial charge >= 0.3 is 6.03 Å². The molecule has 5 aromatic rings. The van der Waals surface area contributed by atoms with Crippen molar-refractivity contribution in [2.75, 3.05) is 21.3 Å². The quantitative estimate of drug-likeness (QED) is 0.0937. The van der Waals surface area contributed by atoms with Crippen molar-refractivity contribution < 1.29 is 53.3 Å². The van der Waals surface area contributed by atoms with Gasteiger partial charge in [-0.1, -0.05) is 24.3 Å². The average molecular weight is 769 g/mol. The zero-order valence-electron chi connectivity index (χ0n) is 26.9. The van der Waals surface area contributed by atoms with E-state index in [1.807, 2.05) is 13.0 Å². The lowest BCUT2D eigenvalue weighted by Gasteiger charge is -2.16. The Labute approximate surface area is 297 Å². The topological polar surface area (TPSA) is 262 Å². The van der Waals surface area contributed by atoms with E-state index in [1.165, 1.54) is 30.3 Å². The highest BCUT2D eigenvalue weighted by Gasteiger charge is 2.27. The normalized spacial score (nSPS) is 11.9. The van der Waals surface area contributed by atoms with Crippen molar-refractivity contribution in [1.82, 2.24) is 0 Å². The molecule has 0 aromatic heterocycles. The maximum Gasteiger partial charge on any atom is 0.323 e. The Hall–Kier alpha value is -5.70. The van der Waals surface area contributed by atoms with Gasteiger partial charge in [0.1, 0.15) is 9.79 Å². The second kappa shape index (κ2) is 14.1. The highest BCUT2D eigenvalue weighted by Crippen LogP contribution is 2.37. The average Bonchev–Trinajstić information content (AvgIpc) is 3.04. The van der Waals surface area contributed by atoms with Gasteiger partial charge in [-0.2, -0.15) is 25.3 Å². The zero-order valence-corrected chi connectivity index (χ0v) is 29.4. The summed E-state index contributed by atoms with van der Waals surface area (Å²) in [4.78, 5) is 35.9. The summed E-state index contributed by atoms with van der Waals surface area (Å²) in [5.74, 6) is -1.54. The summed E-state index contributed by atoms with van der Waals surface area (Å²) in [6, 6.07) is 19.3. The molecule has 0 aliphatic carbocycles. The van der Waals surface area contributed by atoms with Gasteiger partial charge in [0.2, 0.25) is 0 Å². The molecule has 0 bridgehead atoms. The summed E-state index contributed by atoms with van der Waals surface area (Å²) in [6.07, 6.45) is 0. The third-order valence-corrected chi connectivity index (χ3v) is 10.1. The van der Waals surface area contributed by atoms with Crippen molar-refractivity contribution in [2.24, 2.45) is 0 Å². The summed E-state index contributed by atoms with van der Waals surface area (Å²) >= 11 is 0. The Morgan fingerprint density at radius 3 is 1.71 bits per heavy atom. The number of carbonyl (C=O) groups excluding carboxylic acids is 3. The van der Waals surface area contributed by atoms with Crippen molar-refractivity contribution >= 4 is 81.7 Å². The van der Waals surface area contributed by atoms with E-state index in [1.54, 1.807) is 37.3 Å². The van der Waals surface area contributed by atoms with Gasteiger partial charge in [0.15, 0.2) is 0 Å². The van der Waals surface area contributed by atoms with Gasteiger partial charge in [0, 0.05) is 39.0 Å². The second-order valence-electron chi connectivity index (χ2n) is 11.3. The van der Waals surface area contributed by atoms with Crippen LogP contribution in [0.25, 0.3) is 10.8 Å². The first-order valence-corrected chi connectivity index (χ1v) is 19.0. The Balaban J connectivity index is 1.43. The molecule has 0 aliphatic rings. The number of carbonyl (C=O) groups is 3. The number of rotatable bonds is 9. The van der Waals surface area contributed by atoms with Gasteiger partial charge in [-0.15, -0.1) is 0 Å². The first-order chi connectivity index (χ1) is 24.2. The molecule has 19 heteroatoms. The van der Waals surface area contributed by atoms with E-state index in [9.17, 15) is 53.3 Å². The van der Waals surface area contributed by atoms with Crippen LogP contribution >= 0.6 is 0 Å². The molecule has 52 heavy (non-hydrogen) atoms. The second-order valence-corrected chi connectivity index (χ2v) is 15.5. The molecule has 4 amide bonds. The molecule has 0 unspecified atom stereocenters. The van der Waals surface area contributed by atoms with E-state index in [-0.39, 0.29) is 16.8 Å². The maximum atomic E-state index is 13.5. The first kappa shape index (κ1) is 37.6. The Kier molecular flexibility index (Phi) is 10.2. The highest BCUT2D eigenvalue weighted by atomic mass is 32.2. The molecule has 0 spiro atoms. The molecule has 0 saturated heterocycles. The molecule has 0 aliphatic heterocycles. The lowest BCUT2D eigenvalue weighted by atomic mass is 10.1. The van der Waals surface area contributed by atoms with Crippen LogP contribution in [0, 0.1) is 13.8 Å². The summed E-state index contributed by atoms with van der Waals surface area (Å²) < 4.78 is 102. The Morgan fingerprint density at radius 1 is 0.538 bits per heavy atom. The number of hydrogen-bond donors (Lipinski definition) is 7. The maximum absolute atomic E-state index is 13.5. The summed E-state index contributed by atoms with van der Waals surface area (Å²) in [6.45, 7) is 3.51. The minimum absolute atomic E-state index is 0.0981. The van der Waals surface area contributed by atoms with Crippen LogP contribution in [0.15, 0.2) is 106 Å². The van der Waals surface area contributed by atoms with E-state index in [0.717, 1.165) is 17.7 Å². The Morgan fingerprint density at radius 2 is 1.12 bits per heavy atom. The molecule has 0 radical (unpaired) electrons. The fourth-order valence-corrected chi connectivity index (χ4v) is 7.16. The molecule has 5 aromatic carbocycles. The van der Waals surface area contributed by atoms with Crippen molar-refractivity contribution in [2.45, 2.75) is 28.5 Å². The van der Waals surface area contributed by atoms with E-state index >= 15 is 0 Å². The lowest BCUT2D eigenvalue weighted by molar-refractivity contribution is 0.101. The van der Waals surface area contributed by atoms with Crippen LogP contribution in [0.1, 0.15) is 31.8 Å². The molecular weight excluding hydrogens is 741 g/mol. The number of amides is 4. The summed E-state index contributed by atoms with van der Waals surface area (Å²) in [7, 11) is -15.7. The predicted molar refractivity (Wildman–Crippen MR) is 191 cm³/mol. The number of benzene rings is 5. The zero-order chi connectivity index (χ0) is 38.2. The number of nitrogens with one attached hydrogen (secondary N) is 4. The monoisotopic (exact) mass is 768 g/mol. The Bertz CT molecular complexity index is 2640. The third-order valence-electron chi connectivity index (χ3n) is 7.52. The first-order valence-electron chi connectivity index (χ1n) is 14.7. The SMILES string of the molecule is Cc1cccc(NC(=O)Nc2cccc(C(=O)Nc3cc(C(=O)Nc4ccc(S(=O)(=O)O)c5cc(S(=O)(=O)O)cc(S(=O)(=O)O)c45)ccc3C)c2)c1. The number of anilines is 4. The molecular formula is C33H28N4O12S3.